The molecule has 6 nitrogen and oxygen atoms in total. The summed E-state index contributed by atoms with van der Waals surface area (Å²) in [5.74, 6) is 1.72. The fourth-order valence-electron chi connectivity index (χ4n) is 4.73. The number of ether oxygens (including phenoxy) is 2. The molecule has 1 saturated heterocycles. The lowest BCUT2D eigenvalue weighted by Gasteiger charge is -2.34. The topological polar surface area (TPSA) is 72.6 Å². The molecule has 1 aliphatic carbocycles. The predicted octanol–water partition coefficient (Wildman–Crippen LogP) is 4.80. The van der Waals surface area contributed by atoms with Crippen molar-refractivity contribution >= 4 is 5.69 Å². The Morgan fingerprint density at radius 1 is 0.941 bits per heavy atom. The molecule has 0 unspecified atom stereocenters. The van der Waals surface area contributed by atoms with Gasteiger partial charge in [0, 0.05) is 35.4 Å². The van der Waals surface area contributed by atoms with Gasteiger partial charge in [-0.25, -0.2) is 4.98 Å². The van der Waals surface area contributed by atoms with Crippen molar-refractivity contribution in [3.63, 3.8) is 0 Å². The zero-order chi connectivity index (χ0) is 23.3. The maximum atomic E-state index is 6.09. The number of anilines is 1. The smallest absolute Gasteiger partial charge is 0.120 e. The number of hydrogen-bond donors (Lipinski definition) is 2. The number of methoxy groups -OCH3 is 1. The van der Waals surface area contributed by atoms with Crippen LogP contribution >= 0.6 is 0 Å². The van der Waals surface area contributed by atoms with Gasteiger partial charge in [-0.2, -0.15) is 0 Å². The lowest BCUT2D eigenvalue weighted by Crippen LogP contribution is -2.44. The van der Waals surface area contributed by atoms with E-state index in [2.05, 4.69) is 34.5 Å². The van der Waals surface area contributed by atoms with Gasteiger partial charge in [-0.05, 0) is 87.3 Å². The van der Waals surface area contributed by atoms with Gasteiger partial charge in [-0.15, -0.1) is 0 Å². The normalized spacial score (nSPS) is 20.1. The third-order valence-electron chi connectivity index (χ3n) is 6.76. The van der Waals surface area contributed by atoms with Crippen LogP contribution < -0.4 is 20.5 Å². The van der Waals surface area contributed by atoms with Crippen LogP contribution in [0.25, 0.3) is 22.5 Å². The summed E-state index contributed by atoms with van der Waals surface area (Å²) < 4.78 is 11.4. The highest BCUT2D eigenvalue weighted by Crippen LogP contribution is 2.31. The van der Waals surface area contributed by atoms with Crippen LogP contribution in [0.3, 0.4) is 0 Å². The Hall–Kier alpha value is -3.09. The molecule has 5 rings (SSSR count). The number of aromatic nitrogens is 1. The van der Waals surface area contributed by atoms with E-state index in [1.54, 1.807) is 7.11 Å². The Bertz CT molecular complexity index is 1090. The molecule has 0 bridgehead atoms. The highest BCUT2D eigenvalue weighted by atomic mass is 16.5. The summed E-state index contributed by atoms with van der Waals surface area (Å²) in [6.07, 6.45) is 4.59. The minimum absolute atomic E-state index is 0.300. The monoisotopic (exact) mass is 458 g/mol. The van der Waals surface area contributed by atoms with Crippen molar-refractivity contribution in [2.45, 2.75) is 37.8 Å². The number of nitrogens with zero attached hydrogens (tertiary/aromatic N) is 2. The van der Waals surface area contributed by atoms with Gasteiger partial charge < -0.3 is 20.5 Å². The number of benzene rings is 2. The second kappa shape index (κ2) is 10.5. The average Bonchev–Trinajstić information content (AvgIpc) is 3.37. The molecular weight excluding hydrogens is 424 g/mol. The molecule has 2 heterocycles. The second-order valence-corrected chi connectivity index (χ2v) is 9.35. The summed E-state index contributed by atoms with van der Waals surface area (Å²) in [5, 5.41) is 3.65. The highest BCUT2D eigenvalue weighted by molar-refractivity contribution is 5.73. The Morgan fingerprint density at radius 3 is 2.38 bits per heavy atom. The summed E-state index contributed by atoms with van der Waals surface area (Å²) in [6.45, 7) is 4.06. The summed E-state index contributed by atoms with van der Waals surface area (Å²) in [7, 11) is 1.68. The molecule has 178 valence electrons. The van der Waals surface area contributed by atoms with Crippen LogP contribution in [0.5, 0.6) is 11.5 Å². The Kier molecular flexibility index (Phi) is 6.97. The molecule has 3 aromatic rings. The largest absolute Gasteiger partial charge is 0.497 e. The van der Waals surface area contributed by atoms with Crippen LogP contribution in [-0.2, 0) is 0 Å². The molecule has 2 aromatic carbocycles. The van der Waals surface area contributed by atoms with Crippen LogP contribution in [0.4, 0.5) is 5.69 Å². The van der Waals surface area contributed by atoms with E-state index >= 15 is 0 Å². The molecule has 2 aliphatic rings. The molecule has 2 fully saturated rings. The lowest BCUT2D eigenvalue weighted by atomic mass is 9.87. The number of rotatable bonds is 9. The molecule has 0 amide bonds. The van der Waals surface area contributed by atoms with E-state index in [1.165, 1.54) is 25.9 Å². The number of pyridine rings is 1. The first-order valence-corrected chi connectivity index (χ1v) is 12.3. The van der Waals surface area contributed by atoms with Crippen molar-refractivity contribution in [2.75, 3.05) is 38.7 Å². The van der Waals surface area contributed by atoms with Gasteiger partial charge in [0.1, 0.15) is 18.1 Å². The first kappa shape index (κ1) is 22.7. The molecule has 6 heteroatoms. The standard InChI is InChI=1S/C28H34N4O2/c1-33-25-9-7-20(8-10-25)27-18-24(30-23-16-22(29)17-23)19-28(31-27)21-5-4-6-26(15-21)34-14-13-32-11-2-3-12-32/h4-10,15,18-19,22-23H,2-3,11-14,16-17,29H2,1H3,(H,30,31)/t22-,23-. The van der Waals surface area contributed by atoms with Gasteiger partial charge in [0.15, 0.2) is 0 Å². The molecule has 0 spiro atoms. The van der Waals surface area contributed by atoms with Gasteiger partial charge in [0.25, 0.3) is 0 Å². The SMILES string of the molecule is COc1ccc(-c2cc(N[C@H]3C[C@H](N)C3)cc(-c3cccc(OCCN4CCCC4)c3)n2)cc1. The summed E-state index contributed by atoms with van der Waals surface area (Å²) in [5.41, 5.74) is 11.0. The van der Waals surface area contributed by atoms with Gasteiger partial charge in [-0.1, -0.05) is 12.1 Å². The Labute approximate surface area is 202 Å². The van der Waals surface area contributed by atoms with E-state index in [9.17, 15) is 0 Å². The molecule has 34 heavy (non-hydrogen) atoms. The average molecular weight is 459 g/mol. The number of hydrogen-bond acceptors (Lipinski definition) is 6. The van der Waals surface area contributed by atoms with Crippen molar-refractivity contribution in [1.82, 2.24) is 9.88 Å². The first-order chi connectivity index (χ1) is 16.7. The van der Waals surface area contributed by atoms with Crippen molar-refractivity contribution < 1.29 is 9.47 Å². The minimum Gasteiger partial charge on any atom is -0.497 e. The number of likely N-dealkylation sites (tertiary alicyclic amines) is 1. The number of nitrogens with one attached hydrogen (secondary N) is 1. The third-order valence-corrected chi connectivity index (χ3v) is 6.76. The minimum atomic E-state index is 0.300. The summed E-state index contributed by atoms with van der Waals surface area (Å²) in [4.78, 5) is 7.48. The van der Waals surface area contributed by atoms with E-state index in [0.717, 1.165) is 59.1 Å². The first-order valence-electron chi connectivity index (χ1n) is 12.3. The zero-order valence-corrected chi connectivity index (χ0v) is 19.9. The van der Waals surface area contributed by atoms with E-state index in [1.807, 2.05) is 36.4 Å². The van der Waals surface area contributed by atoms with E-state index in [4.69, 9.17) is 20.2 Å². The summed E-state index contributed by atoms with van der Waals surface area (Å²) >= 11 is 0. The molecule has 1 saturated carbocycles. The van der Waals surface area contributed by atoms with Crippen LogP contribution in [0.1, 0.15) is 25.7 Å². The molecular formula is C28H34N4O2. The second-order valence-electron chi connectivity index (χ2n) is 9.35. The maximum absolute atomic E-state index is 6.09. The van der Waals surface area contributed by atoms with Crippen LogP contribution in [-0.4, -0.2) is 55.3 Å². The lowest BCUT2D eigenvalue weighted by molar-refractivity contribution is 0.238. The van der Waals surface area contributed by atoms with Gasteiger partial charge in [0.05, 0.1) is 18.5 Å². The van der Waals surface area contributed by atoms with E-state index < -0.39 is 0 Å². The third kappa shape index (κ3) is 5.51. The van der Waals surface area contributed by atoms with Crippen LogP contribution in [0, 0.1) is 0 Å². The zero-order valence-electron chi connectivity index (χ0n) is 19.9. The number of nitrogens with two attached hydrogens (primary N) is 1. The van der Waals surface area contributed by atoms with Crippen molar-refractivity contribution in [2.24, 2.45) is 5.73 Å². The summed E-state index contributed by atoms with van der Waals surface area (Å²) in [6, 6.07) is 21.2. The van der Waals surface area contributed by atoms with Crippen molar-refractivity contribution in [3.8, 4) is 34.0 Å². The highest BCUT2D eigenvalue weighted by Gasteiger charge is 2.26. The molecule has 3 N–H and O–H groups in total. The van der Waals surface area contributed by atoms with E-state index in [0.29, 0.717) is 18.7 Å². The fraction of sp³-hybridized carbons (Fsp3) is 0.393. The maximum Gasteiger partial charge on any atom is 0.120 e. The van der Waals surface area contributed by atoms with Crippen molar-refractivity contribution in [3.05, 3.63) is 60.7 Å². The van der Waals surface area contributed by atoms with Crippen LogP contribution in [0.15, 0.2) is 60.7 Å². The Morgan fingerprint density at radius 2 is 1.68 bits per heavy atom. The molecule has 0 atom stereocenters. The molecule has 1 aromatic heterocycles. The van der Waals surface area contributed by atoms with Crippen LogP contribution in [0.2, 0.25) is 0 Å². The van der Waals surface area contributed by atoms with Gasteiger partial charge in [0.2, 0.25) is 0 Å². The van der Waals surface area contributed by atoms with Gasteiger partial charge in [-0.3, -0.25) is 4.90 Å². The molecule has 1 aliphatic heterocycles. The van der Waals surface area contributed by atoms with Gasteiger partial charge >= 0.3 is 0 Å². The molecule has 0 radical (unpaired) electrons. The Balaban J connectivity index is 1.38. The van der Waals surface area contributed by atoms with Crippen molar-refractivity contribution in [1.29, 1.82) is 0 Å². The van der Waals surface area contributed by atoms with E-state index in [-0.39, 0.29) is 0 Å². The predicted molar refractivity (Wildman–Crippen MR) is 137 cm³/mol. The fourth-order valence-corrected chi connectivity index (χ4v) is 4.73. The quantitative estimate of drug-likeness (QED) is 0.480.